The third-order valence-electron chi connectivity index (χ3n) is 9.69. The van der Waals surface area contributed by atoms with Gasteiger partial charge in [0.1, 0.15) is 20.6 Å². The Balaban J connectivity index is 0.000000723. The standard InChI is InChI=1S/2C12H16N3O2.2C7H6O2.Ni.2H2O/c2*1-11(2)12(3,4)15(17)10(14(11)16)9-5-7-13-8-6-9;2*8-7(9)6-4-2-1-3-5-6;;;/h2*5-8H,1-4H3;2*1-5H,(H,8,9);;2*1H2/q2*+1;;;;;. The zero-order valence-electron chi connectivity index (χ0n) is 31.8. The number of aromatic nitrogens is 2. The van der Waals surface area contributed by atoms with Crippen molar-refractivity contribution in [3.05, 3.63) is 152 Å². The molecule has 0 atom stereocenters. The summed E-state index contributed by atoms with van der Waals surface area (Å²) in [5, 5.41) is 44.7. The number of hydroxylamine groups is 2. The maximum atomic E-state index is 12.3. The van der Waals surface area contributed by atoms with Crippen LogP contribution < -0.4 is 10.2 Å². The van der Waals surface area contributed by atoms with Gasteiger partial charge in [-0.3, -0.25) is 9.97 Å². The van der Waals surface area contributed by atoms with E-state index in [1.165, 1.54) is 24.3 Å². The van der Waals surface area contributed by atoms with E-state index in [0.717, 1.165) is 19.0 Å². The molecule has 0 saturated carbocycles. The fraction of sp³-hybridized carbons (Fsp3) is 0.316. The molecule has 0 saturated heterocycles. The number of benzene rings is 2. The van der Waals surface area contributed by atoms with Crippen LogP contribution in [0.4, 0.5) is 0 Å². The van der Waals surface area contributed by atoms with Gasteiger partial charge in [-0.2, -0.15) is 0 Å². The van der Waals surface area contributed by atoms with Gasteiger partial charge in [0.25, 0.3) is 11.1 Å². The molecular weight excluding hydrogens is 759 g/mol. The molecule has 2 aromatic carbocycles. The van der Waals surface area contributed by atoms with Gasteiger partial charge >= 0.3 is 11.7 Å². The molecule has 6 N–H and O–H groups in total. The first-order valence-electron chi connectivity index (χ1n) is 16.2. The number of carbonyl (C=O) groups excluding carboxylic acids is 2. The number of amidine groups is 2. The molecule has 0 fully saturated rings. The second kappa shape index (κ2) is 19.5. The van der Waals surface area contributed by atoms with E-state index in [4.69, 9.17) is 0 Å². The molecule has 4 heterocycles. The van der Waals surface area contributed by atoms with E-state index in [1.54, 1.807) is 141 Å². The molecule has 0 radical (unpaired) electrons. The van der Waals surface area contributed by atoms with Crippen LogP contribution in [0.1, 0.15) is 87.2 Å². The summed E-state index contributed by atoms with van der Waals surface area (Å²) in [5.74, 6) is -1.95. The van der Waals surface area contributed by atoms with Crippen LogP contribution >= 0.6 is 0 Å². The predicted octanol–water partition coefficient (Wildman–Crippen LogP) is 1.63. The van der Waals surface area contributed by atoms with Crippen LogP contribution in [0.5, 0.6) is 0 Å². The Morgan fingerprint density at radius 3 is 0.927 bits per heavy atom. The van der Waals surface area contributed by atoms with Gasteiger partial charge in [-0.1, -0.05) is 60.7 Å². The third-order valence-corrected chi connectivity index (χ3v) is 9.69. The molecule has 0 unspecified atom stereocenters. The molecule has 4 aromatic rings. The van der Waals surface area contributed by atoms with Crippen LogP contribution in [0.15, 0.2) is 110 Å². The van der Waals surface area contributed by atoms with Gasteiger partial charge in [-0.05, 0) is 35.4 Å². The summed E-state index contributed by atoms with van der Waals surface area (Å²) in [6, 6.07) is 22.8. The van der Waals surface area contributed by atoms with E-state index in [-0.39, 0.29) is 50.2 Å². The molecule has 0 bridgehead atoms. The fourth-order valence-electron chi connectivity index (χ4n) is 4.84. The average Bonchev–Trinajstić information content (AvgIpc) is 3.33. The topological polar surface area (TPSA) is 264 Å². The zero-order chi connectivity index (χ0) is 39.1. The summed E-state index contributed by atoms with van der Waals surface area (Å²) in [5.41, 5.74) is -1.44. The molecule has 0 spiro atoms. The molecule has 0 aliphatic carbocycles. The number of hydrogen-bond acceptors (Lipinski definition) is 10. The Morgan fingerprint density at radius 2 is 0.745 bits per heavy atom. The average molecular weight is 808 g/mol. The second-order valence-electron chi connectivity index (χ2n) is 13.8. The van der Waals surface area contributed by atoms with Gasteiger partial charge in [-0.25, -0.2) is 0 Å². The number of nitrogens with zero attached hydrogens (tertiary/aromatic N) is 6. The first-order chi connectivity index (χ1) is 24.2. The maximum absolute atomic E-state index is 12.3. The minimum Gasteiger partial charge on any atom is -0.618 e. The number of rotatable bonds is 4. The minimum absolute atomic E-state index is 0. The van der Waals surface area contributed by atoms with Crippen molar-refractivity contribution < 1.29 is 66.2 Å². The minimum atomic E-state index is -1.13. The van der Waals surface area contributed by atoms with E-state index in [1.807, 2.05) is 0 Å². The maximum Gasteiger partial charge on any atom is 0.504 e. The van der Waals surface area contributed by atoms with Crippen molar-refractivity contribution in [2.24, 2.45) is 0 Å². The molecular formula is C38H48N6NiO10+2. The van der Waals surface area contributed by atoms with E-state index < -0.39 is 34.1 Å². The van der Waals surface area contributed by atoms with Crippen LogP contribution in [-0.2, 0) is 27.4 Å². The largest absolute Gasteiger partial charge is 0.618 e. The Kier molecular flexibility index (Phi) is 17.5. The van der Waals surface area contributed by atoms with E-state index in [0.29, 0.717) is 11.1 Å². The molecule has 55 heavy (non-hydrogen) atoms. The Hall–Kier alpha value is -5.77. The summed E-state index contributed by atoms with van der Waals surface area (Å²) in [6.45, 7) is 14.2. The SMILES string of the molecule is CC1(C)[N+](=O)C(c2ccncc2)=[N+]([O-])C1(C)C.CC1(C)[N+](=O)C(c2ccncc2)=[N+]([O-])C1(C)C.O=C([O-])c1ccccc1.O=C([O-])c1ccccc1.[Ni].[OH3+].[OH3+]. The number of aromatic carboxylic acids is 2. The predicted molar refractivity (Wildman–Crippen MR) is 199 cm³/mol. The zero-order valence-corrected chi connectivity index (χ0v) is 32.8. The van der Waals surface area contributed by atoms with Crippen molar-refractivity contribution in [1.29, 1.82) is 0 Å². The van der Waals surface area contributed by atoms with Crippen molar-refractivity contribution in [3.8, 4) is 0 Å². The molecule has 6 rings (SSSR count). The van der Waals surface area contributed by atoms with Crippen LogP contribution in [0, 0.1) is 20.2 Å². The number of carboxylic acid groups (broad SMARTS) is 2. The number of hydrogen-bond donors (Lipinski definition) is 0. The summed E-state index contributed by atoms with van der Waals surface area (Å²) in [6.07, 6.45) is 6.29. The Morgan fingerprint density at radius 1 is 0.491 bits per heavy atom. The first-order valence-corrected chi connectivity index (χ1v) is 16.2. The number of nitroso groups, excluding NO2 is 2. The van der Waals surface area contributed by atoms with Gasteiger partial charge < -0.3 is 41.2 Å². The normalized spacial score (nSPS) is 16.5. The smallest absolute Gasteiger partial charge is 0.504 e. The van der Waals surface area contributed by atoms with Crippen LogP contribution in [-0.4, -0.2) is 74.7 Å². The van der Waals surface area contributed by atoms with Crippen molar-refractivity contribution in [3.63, 3.8) is 0 Å². The summed E-state index contributed by atoms with van der Waals surface area (Å²) in [7, 11) is 0. The second-order valence-corrected chi connectivity index (χ2v) is 13.8. The molecule has 16 nitrogen and oxygen atoms in total. The van der Waals surface area contributed by atoms with Crippen molar-refractivity contribution in [1.82, 2.24) is 9.97 Å². The van der Waals surface area contributed by atoms with Gasteiger partial charge in [-0.15, -0.1) is 9.48 Å². The molecule has 17 heteroatoms. The van der Waals surface area contributed by atoms with Crippen molar-refractivity contribution in [2.75, 3.05) is 0 Å². The van der Waals surface area contributed by atoms with Crippen molar-refractivity contribution >= 4 is 23.6 Å². The monoisotopic (exact) mass is 806 g/mol. The number of carboxylic acids is 2. The van der Waals surface area contributed by atoms with Gasteiger partial charge in [0.2, 0.25) is 11.1 Å². The quantitative estimate of drug-likeness (QED) is 0.124. The summed E-state index contributed by atoms with van der Waals surface area (Å²) < 4.78 is 3.20. The van der Waals surface area contributed by atoms with Crippen LogP contribution in [0.2, 0.25) is 0 Å². The van der Waals surface area contributed by atoms with E-state index >= 15 is 0 Å². The summed E-state index contributed by atoms with van der Waals surface area (Å²) in [4.78, 5) is 52.5. The molecule has 2 aliphatic heterocycles. The fourth-order valence-corrected chi connectivity index (χ4v) is 4.84. The van der Waals surface area contributed by atoms with Gasteiger partial charge in [0, 0.05) is 106 Å². The molecule has 2 aliphatic rings. The Labute approximate surface area is 328 Å². The van der Waals surface area contributed by atoms with Gasteiger partial charge in [0.05, 0.1) is 11.9 Å². The summed E-state index contributed by atoms with van der Waals surface area (Å²) >= 11 is 0. The van der Waals surface area contributed by atoms with Crippen LogP contribution in [0.3, 0.4) is 0 Å². The van der Waals surface area contributed by atoms with Gasteiger partial charge in [0.15, 0.2) is 0 Å². The number of pyridine rings is 2. The van der Waals surface area contributed by atoms with Crippen LogP contribution in [0.25, 0.3) is 0 Å². The first kappa shape index (κ1) is 49.2. The third kappa shape index (κ3) is 10.3. The van der Waals surface area contributed by atoms with Crippen molar-refractivity contribution in [2.45, 2.75) is 77.5 Å². The molecule has 0 amide bonds. The van der Waals surface area contributed by atoms with E-state index in [9.17, 15) is 40.0 Å². The molecule has 298 valence electrons. The molecule has 2 aromatic heterocycles. The van der Waals surface area contributed by atoms with E-state index in [2.05, 4.69) is 9.97 Å². The Bertz CT molecular complexity index is 1840. The number of carbonyl (C=O) groups is 2.